The second kappa shape index (κ2) is 11.7. The summed E-state index contributed by atoms with van der Waals surface area (Å²) < 4.78 is 73.7. The molecule has 6 unspecified atom stereocenters. The number of phenols is 2. The van der Waals surface area contributed by atoms with Crippen LogP contribution in [0.25, 0.3) is 10.8 Å². The Kier molecular flexibility index (Phi) is 7.71. The molecular formula is C37H21Cl2F5N2O8. The number of carbonyl (C=O) groups is 5. The average Bonchev–Trinajstić information content (AvgIpc) is 3.48. The lowest BCUT2D eigenvalue weighted by molar-refractivity contribution is -0.125. The fourth-order valence-electron chi connectivity index (χ4n) is 8.51. The molecule has 0 radical (unpaired) electrons. The number of phenolic OH excluding ortho intramolecular Hbond substituents is 1. The molecule has 17 heteroatoms. The van der Waals surface area contributed by atoms with Crippen molar-refractivity contribution >= 4 is 74.9 Å². The number of benzene rings is 4. The molecule has 4 aromatic carbocycles. The first-order valence-electron chi connectivity index (χ1n) is 16.1. The molecule has 1 saturated carbocycles. The highest BCUT2D eigenvalue weighted by Crippen LogP contribution is 2.67. The highest BCUT2D eigenvalue weighted by atomic mass is 35.5. The number of carboxylic acid groups (broad SMARTS) is 1. The van der Waals surface area contributed by atoms with Crippen LogP contribution >= 0.6 is 23.2 Å². The molecule has 2 saturated heterocycles. The third kappa shape index (κ3) is 4.36. The predicted octanol–water partition coefficient (Wildman–Crippen LogP) is 6.41. The van der Waals surface area contributed by atoms with Gasteiger partial charge in [0.05, 0.1) is 17.5 Å². The van der Waals surface area contributed by atoms with Crippen molar-refractivity contribution in [3.05, 3.63) is 106 Å². The Morgan fingerprint density at radius 1 is 0.778 bits per heavy atom. The number of rotatable bonds is 4. The smallest absolute Gasteiger partial charge is 0.339 e. The number of carboxylic acids is 1. The minimum absolute atomic E-state index is 0.112. The Bertz CT molecular complexity index is 2470. The quantitative estimate of drug-likeness (QED) is 0.0536. The number of allylic oxidation sites excluding steroid dienone is 2. The first kappa shape index (κ1) is 35.5. The van der Waals surface area contributed by atoms with Crippen LogP contribution < -0.4 is 9.80 Å². The fourth-order valence-corrected chi connectivity index (χ4v) is 9.44. The van der Waals surface area contributed by atoms with Gasteiger partial charge in [0.25, 0.3) is 11.8 Å². The number of alkyl halides is 2. The van der Waals surface area contributed by atoms with Crippen molar-refractivity contribution in [1.29, 1.82) is 0 Å². The maximum atomic E-state index is 15.3. The number of halogens is 7. The van der Waals surface area contributed by atoms with E-state index in [1.807, 2.05) is 0 Å². The summed E-state index contributed by atoms with van der Waals surface area (Å²) in [5.74, 6) is -25.8. The second-order valence-electron chi connectivity index (χ2n) is 13.4. The number of aromatic carboxylic acids is 1. The molecule has 4 aromatic rings. The van der Waals surface area contributed by atoms with Gasteiger partial charge in [0.15, 0.2) is 33.0 Å². The number of nitrogens with zero attached hydrogens (tertiary/aromatic N) is 2. The molecule has 4 amide bonds. The van der Waals surface area contributed by atoms with Crippen LogP contribution in [0, 0.1) is 46.8 Å². The molecule has 0 aromatic heterocycles. The minimum atomic E-state index is -2.84. The van der Waals surface area contributed by atoms with Crippen molar-refractivity contribution in [2.24, 2.45) is 17.8 Å². The lowest BCUT2D eigenvalue weighted by atomic mass is 9.56. The molecule has 10 nitrogen and oxygen atoms in total. The normalized spacial score (nSPS) is 27.6. The van der Waals surface area contributed by atoms with Gasteiger partial charge < -0.3 is 15.3 Å². The van der Waals surface area contributed by atoms with E-state index in [9.17, 15) is 52.5 Å². The first-order chi connectivity index (χ1) is 25.5. The molecule has 2 aliphatic heterocycles. The molecule has 6 atom stereocenters. The van der Waals surface area contributed by atoms with Gasteiger partial charge in [0.1, 0.15) is 22.7 Å². The van der Waals surface area contributed by atoms with Gasteiger partial charge in [-0.3, -0.25) is 19.2 Å². The summed E-state index contributed by atoms with van der Waals surface area (Å²) in [6.07, 6.45) is 0.500. The Morgan fingerprint density at radius 2 is 1.43 bits per heavy atom. The lowest BCUT2D eigenvalue weighted by Gasteiger charge is -2.50. The summed E-state index contributed by atoms with van der Waals surface area (Å²) in [5, 5.41) is 32.1. The molecule has 4 aliphatic rings. The molecule has 8 rings (SSSR count). The molecule has 3 N–H and O–H groups in total. The minimum Gasteiger partial charge on any atom is -0.507 e. The highest BCUT2D eigenvalue weighted by molar-refractivity contribution is 6.58. The molecule has 0 spiro atoms. The predicted molar refractivity (Wildman–Crippen MR) is 180 cm³/mol. The van der Waals surface area contributed by atoms with Gasteiger partial charge in [-0.25, -0.2) is 36.5 Å². The number of anilines is 2. The zero-order valence-electron chi connectivity index (χ0n) is 26.9. The van der Waals surface area contributed by atoms with E-state index >= 15 is 8.78 Å². The third-order valence-electron chi connectivity index (χ3n) is 10.9. The number of fused-ring (bicyclic) bond motifs is 5. The van der Waals surface area contributed by atoms with E-state index in [0.29, 0.717) is 10.3 Å². The van der Waals surface area contributed by atoms with Crippen molar-refractivity contribution < 1.29 is 61.2 Å². The van der Waals surface area contributed by atoms with Gasteiger partial charge in [-0.15, -0.1) is 23.2 Å². The van der Waals surface area contributed by atoms with Crippen LogP contribution in [0.2, 0.25) is 0 Å². The Hall–Kier alpha value is -5.54. The van der Waals surface area contributed by atoms with E-state index in [1.165, 1.54) is 24.3 Å². The van der Waals surface area contributed by atoms with E-state index in [2.05, 4.69) is 0 Å². The lowest BCUT2D eigenvalue weighted by Crippen LogP contribution is -2.60. The zero-order valence-corrected chi connectivity index (χ0v) is 28.4. The van der Waals surface area contributed by atoms with E-state index in [-0.39, 0.29) is 33.5 Å². The van der Waals surface area contributed by atoms with Crippen molar-refractivity contribution in [3.8, 4) is 11.5 Å². The SMILES string of the molecule is O=C(O)c1ccc(N2C(=O)C3CC=C4C(CC5(Cl)C(=O)N(c6c(F)c(F)c(F)c(F)c6F)C(=O)C5(Cl)C4c4ccc5ccccc5c4O)C3C2=O)cc1O. The highest BCUT2D eigenvalue weighted by Gasteiger charge is 2.77. The van der Waals surface area contributed by atoms with E-state index < -0.39 is 121 Å². The third-order valence-corrected chi connectivity index (χ3v) is 12.3. The summed E-state index contributed by atoms with van der Waals surface area (Å²) >= 11 is 14.3. The van der Waals surface area contributed by atoms with Crippen molar-refractivity contribution in [3.63, 3.8) is 0 Å². The molecule has 2 aliphatic carbocycles. The van der Waals surface area contributed by atoms with Crippen LogP contribution in [0.4, 0.5) is 33.3 Å². The topological polar surface area (TPSA) is 153 Å². The van der Waals surface area contributed by atoms with Gasteiger partial charge in [0.2, 0.25) is 17.6 Å². The van der Waals surface area contributed by atoms with Crippen LogP contribution in [0.3, 0.4) is 0 Å². The summed E-state index contributed by atoms with van der Waals surface area (Å²) in [5.41, 5.74) is -2.68. The summed E-state index contributed by atoms with van der Waals surface area (Å²) in [7, 11) is 0. The van der Waals surface area contributed by atoms with Gasteiger partial charge in [-0.2, -0.15) is 0 Å². The molecule has 276 valence electrons. The monoisotopic (exact) mass is 786 g/mol. The molecule has 0 bridgehead atoms. The number of imide groups is 2. The fraction of sp³-hybridized carbons (Fsp3) is 0.216. The largest absolute Gasteiger partial charge is 0.507 e. The first-order valence-corrected chi connectivity index (χ1v) is 16.9. The average molecular weight is 787 g/mol. The number of carbonyl (C=O) groups excluding carboxylic acids is 4. The van der Waals surface area contributed by atoms with Crippen LogP contribution in [-0.4, -0.2) is 54.7 Å². The number of amides is 4. The summed E-state index contributed by atoms with van der Waals surface area (Å²) in [6, 6.07) is 12.3. The van der Waals surface area contributed by atoms with Crippen LogP contribution in [0.1, 0.15) is 34.7 Å². The van der Waals surface area contributed by atoms with Gasteiger partial charge in [-0.1, -0.05) is 48.0 Å². The molecule has 54 heavy (non-hydrogen) atoms. The van der Waals surface area contributed by atoms with E-state index in [1.54, 1.807) is 18.2 Å². The summed E-state index contributed by atoms with van der Waals surface area (Å²) in [4.78, 5) is 63.3. The van der Waals surface area contributed by atoms with Crippen molar-refractivity contribution in [2.75, 3.05) is 9.80 Å². The number of hydrogen-bond donors (Lipinski definition) is 3. The van der Waals surface area contributed by atoms with Crippen molar-refractivity contribution in [1.82, 2.24) is 0 Å². The van der Waals surface area contributed by atoms with Crippen LogP contribution in [-0.2, 0) is 19.2 Å². The van der Waals surface area contributed by atoms with Gasteiger partial charge in [0, 0.05) is 22.9 Å². The Morgan fingerprint density at radius 3 is 2.07 bits per heavy atom. The Balaban J connectivity index is 1.33. The zero-order chi connectivity index (χ0) is 38.9. The number of hydrogen-bond acceptors (Lipinski definition) is 7. The van der Waals surface area contributed by atoms with Gasteiger partial charge in [-0.05, 0) is 36.3 Å². The van der Waals surface area contributed by atoms with Crippen LogP contribution in [0.5, 0.6) is 11.5 Å². The maximum Gasteiger partial charge on any atom is 0.339 e. The van der Waals surface area contributed by atoms with Crippen LogP contribution in [0.15, 0.2) is 66.2 Å². The maximum absolute atomic E-state index is 15.3. The molecule has 3 fully saturated rings. The van der Waals surface area contributed by atoms with Gasteiger partial charge >= 0.3 is 5.97 Å². The summed E-state index contributed by atoms with van der Waals surface area (Å²) in [6.45, 7) is 0. The molecular weight excluding hydrogens is 766 g/mol. The standard InChI is InChI=1S/C37H21Cl2F5N2O8/c38-36-12-20-16(9-10-18-22(20)32(50)45(31(18)49)14-6-8-17(33(51)52)21(47)11-14)23(19-7-5-13-3-1-2-4-15(13)30(19)48)37(36,39)35(54)46(34(36)53)29-27(43)25(41)24(40)26(42)28(29)44/h1-9,11,18,20,22-23,47-48H,10,12H2,(H,51,52). The number of aromatic hydroxyl groups is 2. The second-order valence-corrected chi connectivity index (χ2v) is 14.7. The Labute approximate surface area is 309 Å². The molecule has 2 heterocycles. The van der Waals surface area contributed by atoms with E-state index in [4.69, 9.17) is 23.2 Å². The van der Waals surface area contributed by atoms with Crippen molar-refractivity contribution in [2.45, 2.75) is 28.5 Å². The van der Waals surface area contributed by atoms with E-state index in [0.717, 1.165) is 18.2 Å².